The lowest BCUT2D eigenvalue weighted by atomic mass is 10.1. The third kappa shape index (κ3) is 3.02. The van der Waals surface area contributed by atoms with Crippen molar-refractivity contribution in [3.8, 4) is 0 Å². The Kier molecular flexibility index (Phi) is 4.45. The molecule has 128 valence electrons. The van der Waals surface area contributed by atoms with Crippen molar-refractivity contribution in [2.24, 2.45) is 0 Å². The molecule has 2 aliphatic rings. The maximum Gasteiger partial charge on any atom is 0.257 e. The number of hydrogen-bond acceptors (Lipinski definition) is 6. The van der Waals surface area contributed by atoms with E-state index in [9.17, 15) is 4.79 Å². The summed E-state index contributed by atoms with van der Waals surface area (Å²) >= 11 is 1.91. The van der Waals surface area contributed by atoms with Crippen LogP contribution < -0.4 is 0 Å². The molecule has 2 aromatic heterocycles. The van der Waals surface area contributed by atoms with E-state index in [1.807, 2.05) is 29.7 Å². The number of carbonyl (C=O) groups excluding carboxylic acids is 1. The highest BCUT2D eigenvalue weighted by Gasteiger charge is 2.31. The van der Waals surface area contributed by atoms with E-state index in [-0.39, 0.29) is 18.1 Å². The second-order valence-corrected chi connectivity index (χ2v) is 7.60. The second kappa shape index (κ2) is 6.72. The summed E-state index contributed by atoms with van der Waals surface area (Å²) in [5.41, 5.74) is 1.84. The lowest BCUT2D eigenvalue weighted by molar-refractivity contribution is 0.0441. The summed E-state index contributed by atoms with van der Waals surface area (Å²) < 4.78 is 10.9. The zero-order valence-corrected chi connectivity index (χ0v) is 14.6. The fraction of sp³-hybridized carbons (Fsp3) is 0.588. The average molecular weight is 347 g/mol. The number of aromatic nitrogens is 2. The van der Waals surface area contributed by atoms with Gasteiger partial charge in [0.25, 0.3) is 11.6 Å². The molecule has 2 atom stereocenters. The van der Waals surface area contributed by atoms with Crippen LogP contribution in [0.1, 0.15) is 35.3 Å². The number of fused-ring (bicyclic) bond motifs is 1. The molecule has 1 amide bonds. The molecule has 0 aromatic carbocycles. The van der Waals surface area contributed by atoms with Gasteiger partial charge in [0.15, 0.2) is 0 Å². The van der Waals surface area contributed by atoms with E-state index < -0.39 is 0 Å². The number of rotatable bonds is 4. The van der Waals surface area contributed by atoms with Crippen LogP contribution in [0.2, 0.25) is 0 Å². The smallest absolute Gasteiger partial charge is 0.257 e. The van der Waals surface area contributed by atoms with Crippen LogP contribution in [0.15, 0.2) is 16.8 Å². The highest BCUT2D eigenvalue weighted by Crippen LogP contribution is 2.26. The fourth-order valence-electron chi connectivity index (χ4n) is 3.40. The van der Waals surface area contributed by atoms with Gasteiger partial charge in [0.05, 0.1) is 22.7 Å². The van der Waals surface area contributed by atoms with Gasteiger partial charge in [-0.15, -0.1) is 0 Å². The Morgan fingerprint density at radius 2 is 2.38 bits per heavy atom. The molecule has 4 rings (SSSR count). The molecule has 2 aromatic rings. The topological polar surface area (TPSA) is 68.5 Å². The van der Waals surface area contributed by atoms with Gasteiger partial charge < -0.3 is 14.2 Å². The molecule has 0 aliphatic carbocycles. The van der Waals surface area contributed by atoms with E-state index >= 15 is 0 Å². The summed E-state index contributed by atoms with van der Waals surface area (Å²) in [4.78, 5) is 19.4. The summed E-state index contributed by atoms with van der Waals surface area (Å²) in [6.07, 6.45) is 4.92. The van der Waals surface area contributed by atoms with Crippen LogP contribution in [0.25, 0.3) is 11.1 Å². The molecular weight excluding hydrogens is 326 g/mol. The van der Waals surface area contributed by atoms with Crippen molar-refractivity contribution >= 4 is 28.8 Å². The monoisotopic (exact) mass is 347 g/mol. The quantitative estimate of drug-likeness (QED) is 0.847. The number of nitrogens with zero attached hydrogens (tertiary/aromatic N) is 3. The summed E-state index contributed by atoms with van der Waals surface area (Å²) in [5, 5.41) is 4.72. The number of ether oxygens (including phenoxy) is 1. The highest BCUT2D eigenvalue weighted by molar-refractivity contribution is 7.99. The van der Waals surface area contributed by atoms with Gasteiger partial charge in [0.2, 0.25) is 0 Å². The number of pyridine rings is 1. The van der Waals surface area contributed by atoms with Crippen molar-refractivity contribution < 1.29 is 14.1 Å². The number of carbonyl (C=O) groups is 1. The lowest BCUT2D eigenvalue weighted by Crippen LogP contribution is -2.44. The molecular formula is C17H21N3O3S. The van der Waals surface area contributed by atoms with Crippen LogP contribution in [-0.2, 0) is 4.74 Å². The number of amides is 1. The van der Waals surface area contributed by atoms with Gasteiger partial charge in [-0.05, 0) is 38.0 Å². The molecule has 6 nitrogen and oxygen atoms in total. The minimum Gasteiger partial charge on any atom is -0.376 e. The highest BCUT2D eigenvalue weighted by atomic mass is 32.2. The van der Waals surface area contributed by atoms with Crippen LogP contribution in [0.4, 0.5) is 0 Å². The Bertz CT molecular complexity index is 736. The van der Waals surface area contributed by atoms with E-state index in [4.69, 9.17) is 9.26 Å². The van der Waals surface area contributed by atoms with E-state index in [0.717, 1.165) is 48.5 Å². The Hall–Kier alpha value is -1.60. The Morgan fingerprint density at radius 1 is 1.46 bits per heavy atom. The van der Waals surface area contributed by atoms with Crippen molar-refractivity contribution in [2.75, 3.05) is 24.7 Å². The molecule has 0 N–H and O–H groups in total. The second-order valence-electron chi connectivity index (χ2n) is 6.45. The van der Waals surface area contributed by atoms with Crippen molar-refractivity contribution in [1.82, 2.24) is 15.0 Å². The van der Waals surface area contributed by atoms with Crippen LogP contribution >= 0.6 is 11.8 Å². The van der Waals surface area contributed by atoms with E-state index in [1.165, 1.54) is 0 Å². The van der Waals surface area contributed by atoms with Crippen molar-refractivity contribution in [1.29, 1.82) is 0 Å². The van der Waals surface area contributed by atoms with Gasteiger partial charge in [-0.1, -0.05) is 5.16 Å². The van der Waals surface area contributed by atoms with Crippen molar-refractivity contribution in [2.45, 2.75) is 38.3 Å². The first-order valence-electron chi connectivity index (χ1n) is 8.45. The van der Waals surface area contributed by atoms with Crippen LogP contribution in [0.5, 0.6) is 0 Å². The molecule has 2 unspecified atom stereocenters. The van der Waals surface area contributed by atoms with Gasteiger partial charge >= 0.3 is 0 Å². The van der Waals surface area contributed by atoms with Crippen LogP contribution in [0.3, 0.4) is 0 Å². The van der Waals surface area contributed by atoms with Crippen LogP contribution in [0, 0.1) is 6.92 Å². The molecule has 0 saturated carbocycles. The standard InChI is InChI=1S/C17H21N3O3S/c1-11-15-7-12(8-18-16(15)23-19-11)17(21)20(13-4-6-24-10-13)9-14-3-2-5-22-14/h7-8,13-14H,2-6,9-10H2,1H3. The molecule has 0 spiro atoms. The van der Waals surface area contributed by atoms with Crippen LogP contribution in [-0.4, -0.2) is 57.8 Å². The summed E-state index contributed by atoms with van der Waals surface area (Å²) in [5.74, 6) is 2.15. The third-order valence-corrected chi connectivity index (χ3v) is 5.93. The molecule has 24 heavy (non-hydrogen) atoms. The first-order chi connectivity index (χ1) is 11.7. The summed E-state index contributed by atoms with van der Waals surface area (Å²) in [6.45, 7) is 3.34. The SMILES string of the molecule is Cc1noc2ncc(C(=O)N(CC3CCCO3)C3CCSC3)cc12. The van der Waals surface area contributed by atoms with Crippen molar-refractivity contribution in [3.05, 3.63) is 23.5 Å². The zero-order chi connectivity index (χ0) is 16.5. The molecule has 2 saturated heterocycles. The third-order valence-electron chi connectivity index (χ3n) is 4.79. The maximum atomic E-state index is 13.2. The van der Waals surface area contributed by atoms with Gasteiger partial charge in [-0.3, -0.25) is 4.79 Å². The predicted molar refractivity (Wildman–Crippen MR) is 92.3 cm³/mol. The van der Waals surface area contributed by atoms with Gasteiger partial charge in [-0.2, -0.15) is 11.8 Å². The molecule has 7 heteroatoms. The predicted octanol–water partition coefficient (Wildman–Crippen LogP) is 2.66. The first kappa shape index (κ1) is 15.9. The minimum absolute atomic E-state index is 0.0352. The zero-order valence-electron chi connectivity index (χ0n) is 13.7. The van der Waals surface area contributed by atoms with Crippen molar-refractivity contribution in [3.63, 3.8) is 0 Å². The molecule has 2 fully saturated rings. The fourth-order valence-corrected chi connectivity index (χ4v) is 4.63. The van der Waals surface area contributed by atoms with Gasteiger partial charge in [0, 0.05) is 31.1 Å². The van der Waals surface area contributed by atoms with E-state index in [2.05, 4.69) is 10.1 Å². The number of hydrogen-bond donors (Lipinski definition) is 0. The Balaban J connectivity index is 1.61. The molecule has 4 heterocycles. The van der Waals surface area contributed by atoms with Gasteiger partial charge in [-0.25, -0.2) is 4.98 Å². The Labute approximate surface area is 144 Å². The molecule has 2 aliphatic heterocycles. The molecule has 0 bridgehead atoms. The number of aryl methyl sites for hydroxylation is 1. The number of thioether (sulfide) groups is 1. The Morgan fingerprint density at radius 3 is 3.12 bits per heavy atom. The normalized spacial score (nSPS) is 23.9. The van der Waals surface area contributed by atoms with E-state index in [0.29, 0.717) is 17.8 Å². The van der Waals surface area contributed by atoms with E-state index in [1.54, 1.807) is 6.20 Å². The summed E-state index contributed by atoms with van der Waals surface area (Å²) in [6, 6.07) is 2.13. The lowest BCUT2D eigenvalue weighted by Gasteiger charge is -2.30. The van der Waals surface area contributed by atoms with Gasteiger partial charge in [0.1, 0.15) is 0 Å². The summed E-state index contributed by atoms with van der Waals surface area (Å²) in [7, 11) is 0. The first-order valence-corrected chi connectivity index (χ1v) is 9.60. The maximum absolute atomic E-state index is 13.2. The molecule has 0 radical (unpaired) electrons. The minimum atomic E-state index is 0.0352. The largest absolute Gasteiger partial charge is 0.376 e. The average Bonchev–Trinajstić information content (AvgIpc) is 3.34.